The van der Waals surface area contributed by atoms with E-state index in [0.717, 1.165) is 38.0 Å². The van der Waals surface area contributed by atoms with E-state index in [4.69, 9.17) is 0 Å². The van der Waals surface area contributed by atoms with Crippen LogP contribution in [0, 0.1) is 5.92 Å². The fourth-order valence-electron chi connectivity index (χ4n) is 3.90. The molecule has 26 heavy (non-hydrogen) atoms. The van der Waals surface area contributed by atoms with E-state index in [1.165, 1.54) is 25.6 Å². The SMILES string of the molecule is O=C(NC1CCCCC1)C1CCCN(c2ccc(-n3cncn3)nn2)C1. The fraction of sp³-hybridized carbons (Fsp3) is 0.611. The van der Waals surface area contributed by atoms with Gasteiger partial charge in [-0.25, -0.2) is 9.67 Å². The summed E-state index contributed by atoms with van der Waals surface area (Å²) in [5.74, 6) is 1.68. The zero-order chi connectivity index (χ0) is 17.8. The molecule has 1 aliphatic carbocycles. The van der Waals surface area contributed by atoms with Gasteiger partial charge in [0, 0.05) is 19.1 Å². The van der Waals surface area contributed by atoms with Crippen molar-refractivity contribution in [1.29, 1.82) is 0 Å². The lowest BCUT2D eigenvalue weighted by Crippen LogP contribution is -2.46. The van der Waals surface area contributed by atoms with E-state index in [9.17, 15) is 4.79 Å². The molecule has 0 bridgehead atoms. The van der Waals surface area contributed by atoms with Gasteiger partial charge in [-0.2, -0.15) is 5.10 Å². The highest BCUT2D eigenvalue weighted by Crippen LogP contribution is 2.23. The van der Waals surface area contributed by atoms with Crippen molar-refractivity contribution < 1.29 is 4.79 Å². The quantitative estimate of drug-likeness (QED) is 0.898. The second-order valence-corrected chi connectivity index (χ2v) is 7.22. The maximum atomic E-state index is 12.7. The maximum absolute atomic E-state index is 12.7. The van der Waals surface area contributed by atoms with Gasteiger partial charge in [-0.3, -0.25) is 4.79 Å². The number of nitrogens with zero attached hydrogens (tertiary/aromatic N) is 6. The normalized spacial score (nSPS) is 21.5. The number of carbonyl (C=O) groups excluding carboxylic acids is 1. The van der Waals surface area contributed by atoms with E-state index in [1.54, 1.807) is 11.0 Å². The van der Waals surface area contributed by atoms with E-state index in [-0.39, 0.29) is 11.8 Å². The molecule has 2 aliphatic rings. The third-order valence-electron chi connectivity index (χ3n) is 5.36. The van der Waals surface area contributed by atoms with Gasteiger partial charge in [-0.15, -0.1) is 10.2 Å². The van der Waals surface area contributed by atoms with Crippen LogP contribution in [0.2, 0.25) is 0 Å². The minimum atomic E-state index is 0.0301. The molecule has 1 atom stereocenters. The number of carbonyl (C=O) groups is 1. The van der Waals surface area contributed by atoms with Gasteiger partial charge in [-0.1, -0.05) is 19.3 Å². The van der Waals surface area contributed by atoms with Gasteiger partial charge in [0.2, 0.25) is 5.91 Å². The number of aromatic nitrogens is 5. The molecule has 1 amide bonds. The Kier molecular flexibility index (Phi) is 5.08. The van der Waals surface area contributed by atoms with Crippen molar-refractivity contribution in [2.24, 2.45) is 5.92 Å². The summed E-state index contributed by atoms with van der Waals surface area (Å²) in [7, 11) is 0. The lowest BCUT2D eigenvalue weighted by Gasteiger charge is -2.34. The zero-order valence-corrected chi connectivity index (χ0v) is 14.9. The summed E-state index contributed by atoms with van der Waals surface area (Å²) in [6.45, 7) is 1.61. The van der Waals surface area contributed by atoms with Crippen molar-refractivity contribution in [3.05, 3.63) is 24.8 Å². The number of nitrogens with one attached hydrogen (secondary N) is 1. The van der Waals surface area contributed by atoms with Gasteiger partial charge < -0.3 is 10.2 Å². The van der Waals surface area contributed by atoms with Crippen molar-refractivity contribution in [3.8, 4) is 5.82 Å². The second kappa shape index (κ2) is 7.80. The van der Waals surface area contributed by atoms with Crippen LogP contribution in [-0.2, 0) is 4.79 Å². The Morgan fingerprint density at radius 1 is 1.04 bits per heavy atom. The molecule has 1 aliphatic heterocycles. The van der Waals surface area contributed by atoms with Crippen LogP contribution in [0.4, 0.5) is 5.82 Å². The minimum Gasteiger partial charge on any atom is -0.354 e. The molecule has 2 aromatic rings. The van der Waals surface area contributed by atoms with Crippen LogP contribution in [0.25, 0.3) is 5.82 Å². The van der Waals surface area contributed by atoms with E-state index in [0.29, 0.717) is 18.4 Å². The van der Waals surface area contributed by atoms with Crippen LogP contribution >= 0.6 is 0 Å². The monoisotopic (exact) mass is 355 g/mol. The molecule has 1 saturated heterocycles. The van der Waals surface area contributed by atoms with Gasteiger partial charge in [0.25, 0.3) is 0 Å². The summed E-state index contributed by atoms with van der Waals surface area (Å²) >= 11 is 0. The van der Waals surface area contributed by atoms with Crippen molar-refractivity contribution in [3.63, 3.8) is 0 Å². The smallest absolute Gasteiger partial charge is 0.225 e. The molecule has 8 heteroatoms. The van der Waals surface area contributed by atoms with Crippen molar-refractivity contribution in [1.82, 2.24) is 30.3 Å². The van der Waals surface area contributed by atoms with Crippen molar-refractivity contribution in [2.45, 2.75) is 51.0 Å². The molecule has 1 saturated carbocycles. The Balaban J connectivity index is 1.37. The molecule has 0 radical (unpaired) electrons. The van der Waals surface area contributed by atoms with Crippen LogP contribution in [0.3, 0.4) is 0 Å². The third-order valence-corrected chi connectivity index (χ3v) is 5.36. The van der Waals surface area contributed by atoms with Gasteiger partial charge in [-0.05, 0) is 37.8 Å². The average Bonchev–Trinajstić information content (AvgIpc) is 3.24. The standard InChI is InChI=1S/C18H25N7O/c26-18(21-15-6-2-1-3-7-15)14-5-4-10-24(11-14)16-8-9-17(23-22-16)25-13-19-12-20-25/h8-9,12-15H,1-7,10-11H2,(H,21,26). The molecule has 0 spiro atoms. The molecule has 2 fully saturated rings. The lowest BCUT2D eigenvalue weighted by atomic mass is 9.93. The first kappa shape index (κ1) is 16.9. The van der Waals surface area contributed by atoms with Crippen LogP contribution in [0.15, 0.2) is 24.8 Å². The molecular formula is C18H25N7O. The molecule has 8 nitrogen and oxygen atoms in total. The first-order valence-corrected chi connectivity index (χ1v) is 9.53. The summed E-state index contributed by atoms with van der Waals surface area (Å²) in [4.78, 5) is 18.7. The van der Waals surface area contributed by atoms with E-state index >= 15 is 0 Å². The highest BCUT2D eigenvalue weighted by atomic mass is 16.2. The summed E-state index contributed by atoms with van der Waals surface area (Å²) in [6.07, 6.45) is 11.0. The Bertz CT molecular complexity index is 710. The van der Waals surface area contributed by atoms with Gasteiger partial charge in [0.05, 0.1) is 5.92 Å². The van der Waals surface area contributed by atoms with E-state index in [1.807, 2.05) is 12.1 Å². The van der Waals surface area contributed by atoms with Gasteiger partial charge in [0.1, 0.15) is 12.7 Å². The van der Waals surface area contributed by atoms with Crippen LogP contribution in [0.5, 0.6) is 0 Å². The molecule has 0 aromatic carbocycles. The van der Waals surface area contributed by atoms with Crippen LogP contribution in [0.1, 0.15) is 44.9 Å². The molecule has 4 rings (SSSR count). The van der Waals surface area contributed by atoms with Gasteiger partial charge in [0.15, 0.2) is 11.6 Å². The molecule has 2 aromatic heterocycles. The van der Waals surface area contributed by atoms with E-state index in [2.05, 4.69) is 30.5 Å². The summed E-state index contributed by atoms with van der Waals surface area (Å²) in [6, 6.07) is 4.18. The molecule has 138 valence electrons. The predicted molar refractivity (Wildman–Crippen MR) is 96.9 cm³/mol. The molecule has 3 heterocycles. The molecule has 1 unspecified atom stereocenters. The average molecular weight is 355 g/mol. The Labute approximate surface area is 153 Å². The van der Waals surface area contributed by atoms with Gasteiger partial charge >= 0.3 is 0 Å². The first-order valence-electron chi connectivity index (χ1n) is 9.53. The number of hydrogen-bond donors (Lipinski definition) is 1. The number of amides is 1. The summed E-state index contributed by atoms with van der Waals surface area (Å²) in [5.41, 5.74) is 0. The Hall–Kier alpha value is -2.51. The largest absolute Gasteiger partial charge is 0.354 e. The number of piperidine rings is 1. The highest BCUT2D eigenvalue weighted by Gasteiger charge is 2.28. The second-order valence-electron chi connectivity index (χ2n) is 7.22. The van der Waals surface area contributed by atoms with Crippen molar-refractivity contribution >= 4 is 11.7 Å². The third kappa shape index (κ3) is 3.84. The summed E-state index contributed by atoms with van der Waals surface area (Å²) < 4.78 is 1.58. The van der Waals surface area contributed by atoms with E-state index < -0.39 is 0 Å². The Morgan fingerprint density at radius 2 is 1.85 bits per heavy atom. The Morgan fingerprint density at radius 3 is 2.58 bits per heavy atom. The molecular weight excluding hydrogens is 330 g/mol. The van der Waals surface area contributed by atoms with Crippen LogP contribution in [-0.4, -0.2) is 50.0 Å². The summed E-state index contributed by atoms with van der Waals surface area (Å²) in [5, 5.41) is 15.9. The number of hydrogen-bond acceptors (Lipinski definition) is 6. The topological polar surface area (TPSA) is 88.8 Å². The fourth-order valence-corrected chi connectivity index (χ4v) is 3.90. The van der Waals surface area contributed by atoms with Crippen LogP contribution < -0.4 is 10.2 Å². The number of rotatable bonds is 4. The van der Waals surface area contributed by atoms with Crippen molar-refractivity contribution in [2.75, 3.05) is 18.0 Å². The lowest BCUT2D eigenvalue weighted by molar-refractivity contribution is -0.126. The predicted octanol–water partition coefficient (Wildman–Crippen LogP) is 1.72. The first-order chi connectivity index (χ1) is 12.8. The number of anilines is 1. The highest BCUT2D eigenvalue weighted by molar-refractivity contribution is 5.79. The maximum Gasteiger partial charge on any atom is 0.225 e. The molecule has 1 N–H and O–H groups in total. The minimum absolute atomic E-state index is 0.0301. The zero-order valence-electron chi connectivity index (χ0n) is 14.9.